The summed E-state index contributed by atoms with van der Waals surface area (Å²) in [5.41, 5.74) is 35.0. The van der Waals surface area contributed by atoms with E-state index in [9.17, 15) is 41.8 Å². The topological polar surface area (TPSA) is 353 Å². The number of halogens is 7. The molecule has 15 aromatic rings. The molecular formula is C107H118BBr2ClF4LiN7O16. The zero-order valence-corrected chi connectivity index (χ0v) is 83.8. The van der Waals surface area contributed by atoms with Crippen LogP contribution in [0.2, 0.25) is 0 Å². The predicted octanol–water partition coefficient (Wildman–Crippen LogP) is 18.9. The normalized spacial score (nSPS) is 10.8. The zero-order chi connectivity index (χ0) is 98.6. The van der Waals surface area contributed by atoms with Gasteiger partial charge in [0.25, 0.3) is 0 Å². The number of ether oxygens (including phenoxy) is 6. The molecule has 11 aromatic carbocycles. The van der Waals surface area contributed by atoms with Crippen molar-refractivity contribution in [3.05, 3.63) is 337 Å². The van der Waals surface area contributed by atoms with Crippen molar-refractivity contribution in [2.45, 2.75) is 172 Å². The van der Waals surface area contributed by atoms with E-state index < -0.39 is 42.3 Å². The molecule has 0 aliphatic heterocycles. The van der Waals surface area contributed by atoms with Crippen LogP contribution in [0.25, 0.3) is 65.9 Å². The van der Waals surface area contributed by atoms with Crippen molar-refractivity contribution in [3.8, 4) is 45.3 Å². The number of carboxylic acids is 1. The van der Waals surface area contributed by atoms with E-state index in [1.54, 1.807) is 51.1 Å². The number of carbonyl (C=O) groups is 4. The van der Waals surface area contributed by atoms with Crippen LogP contribution >= 0.6 is 44.3 Å². The molecule has 4 aromatic heterocycles. The Hall–Kier alpha value is -12.0. The van der Waals surface area contributed by atoms with E-state index in [-0.39, 0.29) is 124 Å². The van der Waals surface area contributed by atoms with E-state index in [2.05, 4.69) is 214 Å². The summed E-state index contributed by atoms with van der Waals surface area (Å²) in [5, 5.41) is 49.7. The van der Waals surface area contributed by atoms with Gasteiger partial charge in [0.05, 0.1) is 52.1 Å². The van der Waals surface area contributed by atoms with E-state index in [4.69, 9.17) is 61.1 Å². The maximum Gasteiger partial charge on any atom is 1.00 e. The van der Waals surface area contributed by atoms with Crippen molar-refractivity contribution < 1.29 is 115 Å². The third kappa shape index (κ3) is 32.0. The molecular weight excluding hydrogens is 1930 g/mol. The molecule has 0 bridgehead atoms. The number of aliphatic hydroxyl groups excluding tert-OH is 1. The molecule has 730 valence electrons. The van der Waals surface area contributed by atoms with Crippen molar-refractivity contribution in [2.75, 3.05) is 19.8 Å². The van der Waals surface area contributed by atoms with Gasteiger partial charge in [0.15, 0.2) is 0 Å². The smallest absolute Gasteiger partial charge is 0.870 e. The number of rotatable bonds is 31. The van der Waals surface area contributed by atoms with Crippen LogP contribution in [-0.2, 0) is 105 Å². The number of benzene rings is 11. The SMILES string of the molecule is CC(C)n1ccc2c(-c3cccc(CN)c3)cc(COc3cc(F)ccc3CC(=O)O)cc21.CC(C)n1ccc2c(Br)cc(CO)cc21.CCOC(=O)Cc1ccc(F)cc1O.CCOC(=O)Cc1ccc(F)cc1OCc1cc(-c2cccc(CN)c2)c2ccn(C(C)C)c2c1.CCOC(=O)Cc1ccc(F)cc1OCc1cc(Br)c2ccn(C(C)C)c2c1.Cl.NCc1cccc(B(O)O)c1.[Li+].[OH-]. The number of aromatic nitrogens is 4. The Kier molecular flexibility index (Phi) is 45.2. The van der Waals surface area contributed by atoms with Crippen LogP contribution in [0.5, 0.6) is 23.0 Å². The van der Waals surface area contributed by atoms with Crippen molar-refractivity contribution in [2.24, 2.45) is 17.2 Å². The minimum absolute atomic E-state index is 0. The van der Waals surface area contributed by atoms with Gasteiger partial charge in [0.1, 0.15) is 66.1 Å². The number of aromatic hydroxyl groups is 1. The van der Waals surface area contributed by atoms with Gasteiger partial charge in [-0.1, -0.05) is 117 Å². The van der Waals surface area contributed by atoms with Gasteiger partial charge in [-0.3, -0.25) is 19.2 Å². The third-order valence-electron chi connectivity index (χ3n) is 21.9. The molecule has 12 N–H and O–H groups in total. The first-order valence-electron chi connectivity index (χ1n) is 44.7. The molecule has 139 heavy (non-hydrogen) atoms. The van der Waals surface area contributed by atoms with Crippen LogP contribution in [0.1, 0.15) is 162 Å². The van der Waals surface area contributed by atoms with Crippen molar-refractivity contribution in [1.82, 2.24) is 18.3 Å². The molecule has 0 unspecified atom stereocenters. The van der Waals surface area contributed by atoms with Crippen LogP contribution in [-0.4, -0.2) is 99.9 Å². The standard InChI is InChI=1S/C29H31FN2O3.C27H27FN2O3.C22H23BrFNO3.C12H14BrNO.C10H11FO3.C7H10BNO2.ClH.Li.H2O/c1-4-34-29(33)15-23-8-9-24(30)16-28(23)35-18-21-13-26(22-7-5-6-20(12-22)17-31)25-10-11-32(19(2)3)27(25)14-21;1-17(2)30-9-8-23-24(20-5-3-4-18(10-20)15-29)11-19(12-25(23)30)16-33-26-14-22(28)7-6-21(26)13-27(31)32;1-4-27-22(26)11-16-5-6-17(24)12-21(16)28-13-15-9-19(23)18-7-8-25(14(2)3)20(18)10-15;1-8(2)14-4-3-10-11(13)5-9(7-15)6-12(10)14;1-2-14-10(13)5-7-3-4-8(11)6-9(7)12;9-5-6-2-1-3-7(4-6)8(10)11;;;/h5-14,16,19H,4,15,17-18,31H2,1-3H3;3-12,14,17H,13,15-16,29H2,1-2H3,(H,31,32);5-10,12,14H,4,11,13H2,1-3H3;3-6,8,15H,7H2,1-2H3;3-4,6,12H,2,5H2,1H3;1-4,10-11H,5,9H2;1H;;1H2/q;;;;;;;+1;/p-1. The molecule has 0 spiro atoms. The quantitative estimate of drug-likeness (QED) is 0.00866. The molecule has 4 heterocycles. The van der Waals surface area contributed by atoms with Gasteiger partial charge >= 0.3 is 49.9 Å². The number of nitrogens with two attached hydrogens (primary N) is 3. The maximum atomic E-state index is 14.0. The van der Waals surface area contributed by atoms with E-state index in [1.165, 1.54) is 65.5 Å². The summed E-state index contributed by atoms with van der Waals surface area (Å²) >= 11 is 7.15. The summed E-state index contributed by atoms with van der Waals surface area (Å²) in [6, 6.07) is 65.3. The number of aliphatic hydroxyl groups is 1. The number of aliphatic carboxylic acids is 1. The molecule has 0 aliphatic rings. The van der Waals surface area contributed by atoms with Crippen LogP contribution in [0.3, 0.4) is 0 Å². The number of phenols is 1. The molecule has 0 saturated carbocycles. The first-order chi connectivity index (χ1) is 65.1. The second-order valence-electron chi connectivity index (χ2n) is 33.1. The maximum absolute atomic E-state index is 14.0. The minimum Gasteiger partial charge on any atom is -0.870 e. The van der Waals surface area contributed by atoms with Gasteiger partial charge in [0.2, 0.25) is 0 Å². The number of phenolic OH excluding ortho intramolecular Hbond substituents is 1. The number of nitrogens with zero attached hydrogens (tertiary/aromatic N) is 4. The molecule has 0 saturated heterocycles. The Bertz CT molecular complexity index is 6630. The number of esters is 3. The van der Waals surface area contributed by atoms with Gasteiger partial charge in [0, 0.05) is 168 Å². The van der Waals surface area contributed by atoms with Crippen molar-refractivity contribution in [1.29, 1.82) is 0 Å². The Morgan fingerprint density at radius 1 is 0.388 bits per heavy atom. The predicted molar refractivity (Wildman–Crippen MR) is 543 cm³/mol. The van der Waals surface area contributed by atoms with Crippen molar-refractivity contribution >= 4 is 124 Å². The Morgan fingerprint density at radius 3 is 1.04 bits per heavy atom. The number of hydrogen-bond donors (Lipinski definition) is 8. The fourth-order valence-corrected chi connectivity index (χ4v) is 16.5. The molecule has 32 heteroatoms. The molecule has 0 amide bonds. The van der Waals surface area contributed by atoms with Gasteiger partial charge < -0.3 is 94.7 Å². The molecule has 15 rings (SSSR count). The first-order valence-corrected chi connectivity index (χ1v) is 46.3. The molecule has 0 aliphatic carbocycles. The second-order valence-corrected chi connectivity index (χ2v) is 34.8. The monoisotopic (exact) mass is 2040 g/mol. The van der Waals surface area contributed by atoms with Crippen molar-refractivity contribution in [3.63, 3.8) is 0 Å². The Morgan fingerprint density at radius 2 is 0.698 bits per heavy atom. The number of carboxylic acid groups (broad SMARTS) is 1. The van der Waals surface area contributed by atoms with Crippen LogP contribution in [0.15, 0.2) is 252 Å². The van der Waals surface area contributed by atoms with Crippen LogP contribution in [0.4, 0.5) is 17.6 Å². The summed E-state index contributed by atoms with van der Waals surface area (Å²) in [7, 11) is -1.40. The van der Waals surface area contributed by atoms with Crippen LogP contribution in [0, 0.1) is 23.3 Å². The van der Waals surface area contributed by atoms with E-state index >= 15 is 0 Å². The summed E-state index contributed by atoms with van der Waals surface area (Å²) in [4.78, 5) is 46.0. The van der Waals surface area contributed by atoms with E-state index in [0.29, 0.717) is 90.8 Å². The second kappa shape index (κ2) is 55.1. The number of fused-ring (bicyclic) bond motifs is 4. The molecule has 0 radical (unpaired) electrons. The zero-order valence-electron chi connectivity index (χ0n) is 79.8. The average molecular weight is 2050 g/mol. The van der Waals surface area contributed by atoms with Gasteiger partial charge in [-0.2, -0.15) is 0 Å². The molecule has 23 nitrogen and oxygen atoms in total. The van der Waals surface area contributed by atoms with Gasteiger partial charge in [-0.15, -0.1) is 12.4 Å². The number of hydrogen-bond acceptors (Lipinski definition) is 18. The summed E-state index contributed by atoms with van der Waals surface area (Å²) in [5.74, 6) is -3.30. The molecule has 0 atom stereocenters. The number of carbonyl (C=O) groups excluding carboxylic acids is 3. The summed E-state index contributed by atoms with van der Waals surface area (Å²) < 4.78 is 97.6. The first kappa shape index (κ1) is 114. The van der Waals surface area contributed by atoms with Gasteiger partial charge in [-0.05, 0) is 252 Å². The Labute approximate surface area is 842 Å². The third-order valence-corrected chi connectivity index (χ3v) is 23.2. The fourth-order valence-electron chi connectivity index (χ4n) is 15.3. The van der Waals surface area contributed by atoms with E-state index in [0.717, 1.165) is 109 Å². The largest absolute Gasteiger partial charge is 1.00 e. The Balaban J connectivity index is 0.000000236. The van der Waals surface area contributed by atoms with Crippen LogP contribution < -0.4 is 55.7 Å². The summed E-state index contributed by atoms with van der Waals surface area (Å²) in [6.45, 7) is 25.3. The summed E-state index contributed by atoms with van der Waals surface area (Å²) in [6.07, 6.45) is 8.12. The van der Waals surface area contributed by atoms with E-state index in [1.807, 2.05) is 48.5 Å². The fraction of sp³-hybridized carbons (Fsp3) is 0.271. The molecule has 0 fully saturated rings. The average Bonchev–Trinajstić information content (AvgIpc) is 1.65. The minimum atomic E-state index is -1.40. The van der Waals surface area contributed by atoms with Gasteiger partial charge in [-0.25, -0.2) is 17.6 Å².